The van der Waals surface area contributed by atoms with Gasteiger partial charge in [-0.05, 0) is 48.0 Å². The Balaban J connectivity index is 1.32. The van der Waals surface area contributed by atoms with E-state index in [9.17, 15) is 4.79 Å². The fourth-order valence-corrected chi connectivity index (χ4v) is 3.45. The van der Waals surface area contributed by atoms with Crippen molar-refractivity contribution in [2.45, 2.75) is 6.54 Å². The SMILES string of the molecule is O=c1c2c[nH+]c(Nc3ccc(Oc4ccccc4)cc3)nc2ccn1Cc1ccccc1. The molecular weight excluding hydrogens is 400 g/mol. The lowest BCUT2D eigenvalue weighted by Gasteiger charge is -2.07. The van der Waals surface area contributed by atoms with Crippen LogP contribution in [-0.4, -0.2) is 9.55 Å². The molecular formula is C26H21N4O2+. The molecule has 0 saturated carbocycles. The number of nitrogens with one attached hydrogen (secondary N) is 2. The van der Waals surface area contributed by atoms with E-state index in [1.807, 2.05) is 91.0 Å². The summed E-state index contributed by atoms with van der Waals surface area (Å²) in [6.45, 7) is 0.521. The molecule has 2 aromatic heterocycles. The first-order chi connectivity index (χ1) is 15.7. The Morgan fingerprint density at radius 2 is 1.53 bits per heavy atom. The number of hydrogen-bond acceptors (Lipinski definition) is 4. The zero-order chi connectivity index (χ0) is 21.8. The average molecular weight is 421 g/mol. The third-order valence-electron chi connectivity index (χ3n) is 5.06. The molecule has 0 spiro atoms. The van der Waals surface area contributed by atoms with Gasteiger partial charge in [0.25, 0.3) is 5.56 Å². The number of hydrogen-bond donors (Lipinski definition) is 1. The highest BCUT2D eigenvalue weighted by Crippen LogP contribution is 2.23. The molecule has 0 radical (unpaired) electrons. The summed E-state index contributed by atoms with van der Waals surface area (Å²) in [5.74, 6) is 2.08. The highest BCUT2D eigenvalue weighted by atomic mass is 16.5. The second kappa shape index (κ2) is 8.73. The van der Waals surface area contributed by atoms with Crippen molar-refractivity contribution in [2.24, 2.45) is 0 Å². The number of nitrogens with zero attached hydrogens (tertiary/aromatic N) is 2. The van der Waals surface area contributed by atoms with Crippen molar-refractivity contribution in [3.8, 4) is 11.5 Å². The molecule has 0 bridgehead atoms. The van der Waals surface area contributed by atoms with Crippen LogP contribution in [0, 0.1) is 0 Å². The molecule has 2 N–H and O–H groups in total. The maximum atomic E-state index is 12.9. The van der Waals surface area contributed by atoms with E-state index >= 15 is 0 Å². The van der Waals surface area contributed by atoms with Gasteiger partial charge in [0.2, 0.25) is 0 Å². The van der Waals surface area contributed by atoms with Crippen molar-refractivity contribution >= 4 is 22.5 Å². The summed E-state index contributed by atoms with van der Waals surface area (Å²) in [6, 6.07) is 29.0. The molecule has 0 amide bonds. The number of para-hydroxylation sites is 1. The number of H-pyrrole nitrogens is 1. The van der Waals surface area contributed by atoms with Gasteiger partial charge in [0.15, 0.2) is 5.52 Å². The smallest absolute Gasteiger partial charge is 0.394 e. The first-order valence-corrected chi connectivity index (χ1v) is 10.3. The van der Waals surface area contributed by atoms with Gasteiger partial charge in [-0.2, -0.15) is 0 Å². The van der Waals surface area contributed by atoms with Crippen molar-refractivity contribution in [3.63, 3.8) is 0 Å². The lowest BCUT2D eigenvalue weighted by Crippen LogP contribution is -2.23. The van der Waals surface area contributed by atoms with E-state index in [1.54, 1.807) is 17.0 Å². The zero-order valence-electron chi connectivity index (χ0n) is 17.2. The molecule has 0 aliphatic heterocycles. The van der Waals surface area contributed by atoms with E-state index in [0.29, 0.717) is 23.4 Å². The summed E-state index contributed by atoms with van der Waals surface area (Å²) in [7, 11) is 0. The van der Waals surface area contributed by atoms with E-state index in [0.717, 1.165) is 22.7 Å². The number of anilines is 2. The van der Waals surface area contributed by atoms with Crippen LogP contribution >= 0.6 is 0 Å². The Morgan fingerprint density at radius 3 is 2.28 bits per heavy atom. The van der Waals surface area contributed by atoms with Gasteiger partial charge in [0.1, 0.15) is 16.9 Å². The number of fused-ring (bicyclic) bond motifs is 1. The fraction of sp³-hybridized carbons (Fsp3) is 0.0385. The molecule has 32 heavy (non-hydrogen) atoms. The van der Waals surface area contributed by atoms with Crippen LogP contribution in [0.3, 0.4) is 0 Å². The highest BCUT2D eigenvalue weighted by molar-refractivity contribution is 5.76. The highest BCUT2D eigenvalue weighted by Gasteiger charge is 2.12. The predicted octanol–water partition coefficient (Wildman–Crippen LogP) is 4.79. The van der Waals surface area contributed by atoms with Crippen LogP contribution in [-0.2, 0) is 6.54 Å². The standard InChI is InChI=1S/C26H20N4O2/c31-25-23-17-27-26(29-24(23)15-16-30(25)18-19-7-3-1-4-8-19)28-20-11-13-22(14-12-20)32-21-9-5-2-6-10-21/h1-17H,18H2,(H,27,28,29)/p+1. The summed E-state index contributed by atoms with van der Waals surface area (Å²) in [5, 5.41) is 3.77. The summed E-state index contributed by atoms with van der Waals surface area (Å²) >= 11 is 0. The van der Waals surface area contributed by atoms with Crippen LogP contribution < -0.4 is 20.6 Å². The van der Waals surface area contributed by atoms with E-state index in [4.69, 9.17) is 4.74 Å². The molecule has 6 nitrogen and oxygen atoms in total. The topological polar surface area (TPSA) is 70.3 Å². The molecule has 0 aliphatic carbocycles. The van der Waals surface area contributed by atoms with Crippen LogP contribution in [0.1, 0.15) is 5.56 Å². The third kappa shape index (κ3) is 4.34. The molecule has 5 aromatic rings. The quantitative estimate of drug-likeness (QED) is 0.428. The molecule has 0 fully saturated rings. The maximum Gasteiger partial charge on any atom is 0.394 e. The number of benzene rings is 3. The van der Waals surface area contributed by atoms with Crippen molar-refractivity contribution in [3.05, 3.63) is 119 Å². The minimum atomic E-state index is -0.0796. The van der Waals surface area contributed by atoms with Gasteiger partial charge in [-0.25, -0.2) is 10.3 Å². The normalized spacial score (nSPS) is 10.8. The number of rotatable bonds is 6. The van der Waals surface area contributed by atoms with Gasteiger partial charge < -0.3 is 9.30 Å². The van der Waals surface area contributed by atoms with Gasteiger partial charge in [-0.1, -0.05) is 53.5 Å². The second-order valence-electron chi connectivity index (χ2n) is 7.35. The molecule has 156 valence electrons. The van der Waals surface area contributed by atoms with Crippen molar-refractivity contribution < 1.29 is 9.72 Å². The van der Waals surface area contributed by atoms with Crippen LogP contribution in [0.5, 0.6) is 11.5 Å². The minimum absolute atomic E-state index is 0.0796. The molecule has 2 heterocycles. The predicted molar refractivity (Wildman–Crippen MR) is 124 cm³/mol. The van der Waals surface area contributed by atoms with Crippen LogP contribution in [0.2, 0.25) is 0 Å². The largest absolute Gasteiger partial charge is 0.457 e. The van der Waals surface area contributed by atoms with E-state index in [-0.39, 0.29) is 5.56 Å². The Labute approximate surface area is 184 Å². The minimum Gasteiger partial charge on any atom is -0.457 e. The summed E-state index contributed by atoms with van der Waals surface area (Å²) in [4.78, 5) is 20.5. The van der Waals surface area contributed by atoms with Crippen molar-refractivity contribution in [1.82, 2.24) is 9.55 Å². The van der Waals surface area contributed by atoms with Crippen molar-refractivity contribution in [2.75, 3.05) is 5.32 Å². The van der Waals surface area contributed by atoms with Gasteiger partial charge >= 0.3 is 5.95 Å². The van der Waals surface area contributed by atoms with E-state index in [1.165, 1.54) is 0 Å². The lowest BCUT2D eigenvalue weighted by molar-refractivity contribution is -0.362. The first kappa shape index (κ1) is 19.5. The first-order valence-electron chi connectivity index (χ1n) is 10.3. The Bertz CT molecular complexity index is 1400. The number of aromatic amines is 1. The van der Waals surface area contributed by atoms with Gasteiger partial charge in [0.05, 0.1) is 18.4 Å². The number of pyridine rings is 1. The average Bonchev–Trinajstić information content (AvgIpc) is 2.84. The third-order valence-corrected chi connectivity index (χ3v) is 5.06. The second-order valence-corrected chi connectivity index (χ2v) is 7.35. The summed E-state index contributed by atoms with van der Waals surface area (Å²) < 4.78 is 7.51. The van der Waals surface area contributed by atoms with Crippen molar-refractivity contribution in [1.29, 1.82) is 0 Å². The summed E-state index contributed by atoms with van der Waals surface area (Å²) in [6.07, 6.45) is 3.48. The van der Waals surface area contributed by atoms with Gasteiger partial charge in [0, 0.05) is 6.20 Å². The Kier molecular flexibility index (Phi) is 5.32. The van der Waals surface area contributed by atoms with Crippen LogP contribution in [0.15, 0.2) is 108 Å². The Morgan fingerprint density at radius 1 is 0.844 bits per heavy atom. The molecule has 0 atom stereocenters. The van der Waals surface area contributed by atoms with Crippen LogP contribution in [0.4, 0.5) is 11.6 Å². The maximum absolute atomic E-state index is 12.9. The molecule has 3 aromatic carbocycles. The lowest BCUT2D eigenvalue weighted by atomic mass is 10.2. The Hall–Kier alpha value is -4.45. The fourth-order valence-electron chi connectivity index (χ4n) is 3.45. The van der Waals surface area contributed by atoms with Gasteiger partial charge in [-0.3, -0.25) is 4.79 Å². The molecule has 0 saturated heterocycles. The molecule has 0 aliphatic rings. The number of aromatic nitrogens is 3. The molecule has 6 heteroatoms. The van der Waals surface area contributed by atoms with E-state index < -0.39 is 0 Å². The van der Waals surface area contributed by atoms with Crippen LogP contribution in [0.25, 0.3) is 10.9 Å². The molecule has 5 rings (SSSR count). The van der Waals surface area contributed by atoms with Gasteiger partial charge in [-0.15, -0.1) is 0 Å². The number of ether oxygens (including phenoxy) is 1. The summed E-state index contributed by atoms with van der Waals surface area (Å²) in [5.41, 5.74) is 2.48. The molecule has 0 unspecified atom stereocenters. The monoisotopic (exact) mass is 421 g/mol. The zero-order valence-corrected chi connectivity index (χ0v) is 17.2. The van der Waals surface area contributed by atoms with E-state index in [2.05, 4.69) is 15.3 Å².